The summed E-state index contributed by atoms with van der Waals surface area (Å²) in [6.07, 6.45) is 0. The lowest BCUT2D eigenvalue weighted by molar-refractivity contribution is -0.139. The van der Waals surface area contributed by atoms with E-state index in [1.54, 1.807) is 21.1 Å². The molecule has 6 nitrogen and oxygen atoms in total. The molecule has 6 heteroatoms. The highest BCUT2D eigenvalue weighted by Gasteiger charge is 2.37. The quantitative estimate of drug-likeness (QED) is 0.741. The molecule has 28 heavy (non-hydrogen) atoms. The van der Waals surface area contributed by atoms with Gasteiger partial charge >= 0.3 is 5.97 Å². The van der Waals surface area contributed by atoms with Crippen molar-refractivity contribution in [3.05, 3.63) is 71.3 Å². The molecule has 0 aromatic heterocycles. The van der Waals surface area contributed by atoms with E-state index in [1.165, 1.54) is 0 Å². The van der Waals surface area contributed by atoms with E-state index < -0.39 is 12.0 Å². The number of likely N-dealkylation sites (N-methyl/N-ethyl adjacent to an activating group) is 1. The molecule has 1 heterocycles. The van der Waals surface area contributed by atoms with Crippen LogP contribution in [0.2, 0.25) is 0 Å². The monoisotopic (exact) mass is 380 g/mol. The molecule has 1 atom stereocenters. The fourth-order valence-corrected chi connectivity index (χ4v) is 3.27. The van der Waals surface area contributed by atoms with Crippen molar-refractivity contribution in [2.24, 2.45) is 4.99 Å². The number of carbonyl (C=O) groups excluding carboxylic acids is 1. The van der Waals surface area contributed by atoms with Gasteiger partial charge in [0.1, 0.15) is 5.75 Å². The lowest BCUT2D eigenvalue weighted by Gasteiger charge is -2.35. The molecule has 146 valence electrons. The first-order valence-corrected chi connectivity index (χ1v) is 9.06. The maximum Gasteiger partial charge on any atom is 0.338 e. The average Bonchev–Trinajstić information content (AvgIpc) is 2.74. The van der Waals surface area contributed by atoms with Crippen LogP contribution in [0.15, 0.2) is 65.2 Å². The lowest BCUT2D eigenvalue weighted by Crippen LogP contribution is -2.38. The van der Waals surface area contributed by atoms with Crippen molar-refractivity contribution in [1.82, 2.24) is 4.90 Å². The number of methoxy groups -OCH3 is 2. The molecule has 0 bridgehead atoms. The average molecular weight is 380 g/mol. The Balaban J connectivity index is 2.22. The highest BCUT2D eigenvalue weighted by atomic mass is 16.5. The van der Waals surface area contributed by atoms with Crippen LogP contribution in [0.3, 0.4) is 0 Å². The number of rotatable bonds is 5. The molecule has 2 aromatic carbocycles. The maximum atomic E-state index is 13.0. The van der Waals surface area contributed by atoms with Crippen LogP contribution in [-0.4, -0.2) is 44.8 Å². The first-order valence-electron chi connectivity index (χ1n) is 9.06. The summed E-state index contributed by atoms with van der Waals surface area (Å²) in [4.78, 5) is 19.4. The third kappa shape index (κ3) is 3.71. The molecule has 0 aliphatic carbocycles. The number of amidine groups is 1. The fraction of sp³-hybridized carbons (Fsp3) is 0.273. The van der Waals surface area contributed by atoms with E-state index in [-0.39, 0.29) is 6.61 Å². The van der Waals surface area contributed by atoms with E-state index in [2.05, 4.69) is 4.99 Å². The maximum absolute atomic E-state index is 13.0. The highest BCUT2D eigenvalue weighted by Crippen LogP contribution is 2.39. The summed E-state index contributed by atoms with van der Waals surface area (Å²) in [6, 6.07) is 17.2. The van der Waals surface area contributed by atoms with Gasteiger partial charge in [0.05, 0.1) is 38.1 Å². The largest absolute Gasteiger partial charge is 0.497 e. The number of ether oxygens (including phenoxy) is 3. The Kier molecular flexibility index (Phi) is 5.99. The zero-order chi connectivity index (χ0) is 20.1. The Morgan fingerprint density at radius 2 is 1.71 bits per heavy atom. The Morgan fingerprint density at radius 1 is 1.04 bits per heavy atom. The normalized spacial score (nSPS) is 16.5. The Hall–Kier alpha value is -3.28. The first-order chi connectivity index (χ1) is 13.6. The third-order valence-electron chi connectivity index (χ3n) is 4.58. The summed E-state index contributed by atoms with van der Waals surface area (Å²) >= 11 is 0. The van der Waals surface area contributed by atoms with Gasteiger partial charge in [-0.1, -0.05) is 42.5 Å². The molecule has 1 aliphatic heterocycles. The first kappa shape index (κ1) is 19.5. The SMILES string of the molecule is CCOC(=O)C1=C(c2ccccc2)N=C(OC)N(C)C1c1ccc(OC)cc1. The number of hydrogen-bond acceptors (Lipinski definition) is 6. The second-order valence-corrected chi connectivity index (χ2v) is 6.23. The predicted molar refractivity (Wildman–Crippen MR) is 108 cm³/mol. The van der Waals surface area contributed by atoms with Gasteiger partial charge in [-0.3, -0.25) is 0 Å². The Bertz CT molecular complexity index is 889. The van der Waals surface area contributed by atoms with Gasteiger partial charge in [-0.25, -0.2) is 4.79 Å². The molecule has 0 N–H and O–H groups in total. The summed E-state index contributed by atoms with van der Waals surface area (Å²) < 4.78 is 16.2. The van der Waals surface area contributed by atoms with Gasteiger partial charge in [0.15, 0.2) is 0 Å². The minimum Gasteiger partial charge on any atom is -0.497 e. The molecule has 3 rings (SSSR count). The molecule has 0 amide bonds. The molecule has 0 saturated carbocycles. The highest BCUT2D eigenvalue weighted by molar-refractivity contribution is 6.03. The Labute approximate surface area is 165 Å². The van der Waals surface area contributed by atoms with Crippen LogP contribution in [0.5, 0.6) is 5.75 Å². The minimum absolute atomic E-state index is 0.282. The number of benzene rings is 2. The van der Waals surface area contributed by atoms with Crippen molar-refractivity contribution in [3.8, 4) is 5.75 Å². The van der Waals surface area contributed by atoms with Crippen LogP contribution in [0.1, 0.15) is 24.1 Å². The van der Waals surface area contributed by atoms with Crippen LogP contribution in [0.4, 0.5) is 0 Å². The van der Waals surface area contributed by atoms with E-state index >= 15 is 0 Å². The number of esters is 1. The predicted octanol–water partition coefficient (Wildman–Crippen LogP) is 3.66. The van der Waals surface area contributed by atoms with Crippen molar-refractivity contribution in [2.75, 3.05) is 27.9 Å². The van der Waals surface area contributed by atoms with E-state index in [0.717, 1.165) is 16.9 Å². The van der Waals surface area contributed by atoms with Crippen LogP contribution in [-0.2, 0) is 14.3 Å². The van der Waals surface area contributed by atoms with Gasteiger partial charge in [-0.05, 0) is 24.6 Å². The summed E-state index contributed by atoms with van der Waals surface area (Å²) in [5.74, 6) is 0.348. The fourth-order valence-electron chi connectivity index (χ4n) is 3.27. The summed E-state index contributed by atoms with van der Waals surface area (Å²) in [6.45, 7) is 2.07. The second-order valence-electron chi connectivity index (χ2n) is 6.23. The standard InChI is InChI=1S/C22H24N2O4/c1-5-28-21(25)18-19(15-9-7-6-8-10-15)23-22(27-4)24(2)20(18)16-11-13-17(26-3)14-12-16/h6-14,20H,5H2,1-4H3. The third-order valence-corrected chi connectivity index (χ3v) is 4.58. The number of hydrogen-bond donors (Lipinski definition) is 0. The smallest absolute Gasteiger partial charge is 0.338 e. The topological polar surface area (TPSA) is 60.4 Å². The van der Waals surface area contributed by atoms with Crippen LogP contribution >= 0.6 is 0 Å². The van der Waals surface area contributed by atoms with Gasteiger partial charge in [-0.15, -0.1) is 0 Å². The molecule has 0 spiro atoms. The molecule has 1 aliphatic rings. The number of aliphatic imine (C=N–C) groups is 1. The zero-order valence-electron chi connectivity index (χ0n) is 16.5. The van der Waals surface area contributed by atoms with Crippen molar-refractivity contribution in [1.29, 1.82) is 0 Å². The molecule has 0 saturated heterocycles. The molecule has 0 radical (unpaired) electrons. The van der Waals surface area contributed by atoms with Gasteiger partial charge in [0.25, 0.3) is 6.02 Å². The van der Waals surface area contributed by atoms with Crippen LogP contribution in [0, 0.1) is 0 Å². The van der Waals surface area contributed by atoms with Gasteiger partial charge < -0.3 is 19.1 Å². The van der Waals surface area contributed by atoms with Gasteiger partial charge in [0, 0.05) is 12.6 Å². The molecule has 1 unspecified atom stereocenters. The lowest BCUT2D eigenvalue weighted by atomic mass is 9.92. The Morgan fingerprint density at radius 3 is 2.29 bits per heavy atom. The van der Waals surface area contributed by atoms with E-state index in [0.29, 0.717) is 17.3 Å². The molecule has 2 aromatic rings. The van der Waals surface area contributed by atoms with Gasteiger partial charge in [-0.2, -0.15) is 4.99 Å². The van der Waals surface area contributed by atoms with E-state index in [9.17, 15) is 4.79 Å². The summed E-state index contributed by atoms with van der Waals surface area (Å²) in [7, 11) is 5.03. The van der Waals surface area contributed by atoms with Crippen molar-refractivity contribution in [3.63, 3.8) is 0 Å². The second kappa shape index (κ2) is 8.61. The van der Waals surface area contributed by atoms with E-state index in [1.807, 2.05) is 66.5 Å². The van der Waals surface area contributed by atoms with Crippen LogP contribution in [0.25, 0.3) is 5.70 Å². The molecular weight excluding hydrogens is 356 g/mol. The van der Waals surface area contributed by atoms with Crippen molar-refractivity contribution >= 4 is 17.7 Å². The van der Waals surface area contributed by atoms with Crippen LogP contribution < -0.4 is 4.74 Å². The number of nitrogens with zero attached hydrogens (tertiary/aromatic N) is 2. The van der Waals surface area contributed by atoms with Crippen molar-refractivity contribution < 1.29 is 19.0 Å². The minimum atomic E-state index is -0.410. The van der Waals surface area contributed by atoms with Gasteiger partial charge in [0.2, 0.25) is 0 Å². The van der Waals surface area contributed by atoms with Crippen molar-refractivity contribution in [2.45, 2.75) is 13.0 Å². The molecular formula is C22H24N2O4. The van der Waals surface area contributed by atoms with E-state index in [4.69, 9.17) is 14.2 Å². The zero-order valence-corrected chi connectivity index (χ0v) is 16.5. The molecule has 0 fully saturated rings. The summed E-state index contributed by atoms with van der Waals surface area (Å²) in [5, 5.41) is 0. The summed E-state index contributed by atoms with van der Waals surface area (Å²) in [5.41, 5.74) is 2.76. The number of carbonyl (C=O) groups is 1.